The molecule has 1 amide bonds. The fraction of sp³-hybridized carbons (Fsp3) is 0.286. The van der Waals surface area contributed by atoms with Crippen molar-refractivity contribution in [1.29, 1.82) is 0 Å². The Morgan fingerprint density at radius 1 is 1.42 bits per heavy atom. The largest absolute Gasteiger partial charge is 0.396 e. The average molecular weight is 258 g/mol. The zero-order valence-corrected chi connectivity index (χ0v) is 11.2. The van der Waals surface area contributed by atoms with Crippen molar-refractivity contribution in [3.63, 3.8) is 0 Å². The summed E-state index contributed by atoms with van der Waals surface area (Å²) in [5.41, 5.74) is 8.53. The minimum atomic E-state index is -0.231. The predicted octanol–water partition coefficient (Wildman–Crippen LogP) is 2.30. The van der Waals surface area contributed by atoms with Crippen molar-refractivity contribution in [2.75, 3.05) is 11.1 Å². The van der Waals surface area contributed by atoms with Gasteiger partial charge in [0.15, 0.2) is 0 Å². The molecule has 0 fully saturated rings. The molecule has 1 aromatic heterocycles. The van der Waals surface area contributed by atoms with Gasteiger partial charge in [0.2, 0.25) is 0 Å². The molecule has 0 atom stereocenters. The maximum atomic E-state index is 12.2. The number of aryl methyl sites for hydroxylation is 2. The zero-order chi connectivity index (χ0) is 13.8. The minimum Gasteiger partial charge on any atom is -0.396 e. The van der Waals surface area contributed by atoms with E-state index >= 15 is 0 Å². The van der Waals surface area contributed by atoms with Crippen LogP contribution >= 0.6 is 0 Å². The van der Waals surface area contributed by atoms with Crippen LogP contribution in [0.1, 0.15) is 29.9 Å². The van der Waals surface area contributed by atoms with Crippen molar-refractivity contribution >= 4 is 17.3 Å². The lowest BCUT2D eigenvalue weighted by atomic mass is 10.1. The van der Waals surface area contributed by atoms with Crippen molar-refractivity contribution in [3.8, 4) is 0 Å². The van der Waals surface area contributed by atoms with Gasteiger partial charge >= 0.3 is 0 Å². The third-order valence-electron chi connectivity index (χ3n) is 2.98. The van der Waals surface area contributed by atoms with Crippen molar-refractivity contribution in [2.45, 2.75) is 26.8 Å². The average Bonchev–Trinajstić information content (AvgIpc) is 2.80. The molecule has 0 saturated heterocycles. The van der Waals surface area contributed by atoms with Gasteiger partial charge in [0.25, 0.3) is 5.91 Å². The molecule has 5 heteroatoms. The van der Waals surface area contributed by atoms with Gasteiger partial charge in [0.05, 0.1) is 11.9 Å². The molecular weight excluding hydrogens is 240 g/mol. The van der Waals surface area contributed by atoms with Crippen LogP contribution in [0.5, 0.6) is 0 Å². The number of hydrogen-bond donors (Lipinski definition) is 2. The standard InChI is InChI=1S/C14H18N4O/c1-3-10-6-5-7-11(8-10)17-14(19)13-12(15)9-16-18(13)4-2/h5-9H,3-4,15H2,1-2H3,(H,17,19). The van der Waals surface area contributed by atoms with Crippen LogP contribution in [-0.4, -0.2) is 15.7 Å². The number of amides is 1. The molecule has 3 N–H and O–H groups in total. The Morgan fingerprint density at radius 3 is 2.89 bits per heavy atom. The van der Waals surface area contributed by atoms with Crippen LogP contribution in [0, 0.1) is 0 Å². The van der Waals surface area contributed by atoms with Gasteiger partial charge in [-0.2, -0.15) is 5.10 Å². The molecule has 2 aromatic rings. The van der Waals surface area contributed by atoms with Crippen LogP contribution in [0.3, 0.4) is 0 Å². The summed E-state index contributed by atoms with van der Waals surface area (Å²) in [6.45, 7) is 4.60. The van der Waals surface area contributed by atoms with E-state index in [9.17, 15) is 4.79 Å². The number of nitrogens with two attached hydrogens (primary N) is 1. The van der Waals surface area contributed by atoms with Crippen LogP contribution in [0.15, 0.2) is 30.5 Å². The van der Waals surface area contributed by atoms with Gasteiger partial charge in [-0.1, -0.05) is 19.1 Å². The van der Waals surface area contributed by atoms with E-state index in [2.05, 4.69) is 17.3 Å². The Labute approximate surface area is 112 Å². The van der Waals surface area contributed by atoms with Gasteiger partial charge < -0.3 is 11.1 Å². The molecule has 0 radical (unpaired) electrons. The molecule has 0 spiro atoms. The fourth-order valence-electron chi connectivity index (χ4n) is 1.95. The van der Waals surface area contributed by atoms with Gasteiger partial charge in [-0.25, -0.2) is 0 Å². The quantitative estimate of drug-likeness (QED) is 0.883. The lowest BCUT2D eigenvalue weighted by Crippen LogP contribution is -2.18. The Morgan fingerprint density at radius 2 is 2.21 bits per heavy atom. The first-order valence-electron chi connectivity index (χ1n) is 6.37. The monoisotopic (exact) mass is 258 g/mol. The van der Waals surface area contributed by atoms with Crippen LogP contribution in [0.2, 0.25) is 0 Å². The second-order valence-electron chi connectivity index (χ2n) is 4.27. The van der Waals surface area contributed by atoms with Crippen molar-refractivity contribution in [2.24, 2.45) is 0 Å². The van der Waals surface area contributed by atoms with E-state index in [1.165, 1.54) is 11.8 Å². The lowest BCUT2D eigenvalue weighted by Gasteiger charge is -2.08. The minimum absolute atomic E-state index is 0.231. The molecule has 100 valence electrons. The van der Waals surface area contributed by atoms with E-state index in [-0.39, 0.29) is 5.91 Å². The first kappa shape index (κ1) is 13.1. The number of rotatable bonds is 4. The van der Waals surface area contributed by atoms with Crippen LogP contribution in [0.25, 0.3) is 0 Å². The molecule has 0 bridgehead atoms. The predicted molar refractivity (Wildman–Crippen MR) is 76.1 cm³/mol. The molecule has 0 aliphatic heterocycles. The number of nitrogen functional groups attached to an aromatic ring is 1. The number of aromatic nitrogens is 2. The highest BCUT2D eigenvalue weighted by molar-refractivity contribution is 6.06. The van der Waals surface area contributed by atoms with E-state index in [1.54, 1.807) is 4.68 Å². The van der Waals surface area contributed by atoms with Gasteiger partial charge in [-0.15, -0.1) is 0 Å². The van der Waals surface area contributed by atoms with Gasteiger partial charge in [-0.3, -0.25) is 9.48 Å². The lowest BCUT2D eigenvalue weighted by molar-refractivity contribution is 0.101. The third-order valence-corrected chi connectivity index (χ3v) is 2.98. The SMILES string of the molecule is CCc1cccc(NC(=O)c2c(N)cnn2CC)c1. The van der Waals surface area contributed by atoms with Crippen molar-refractivity contribution < 1.29 is 4.79 Å². The molecule has 2 rings (SSSR count). The number of carbonyl (C=O) groups is 1. The van der Waals surface area contributed by atoms with E-state index in [1.807, 2.05) is 31.2 Å². The van der Waals surface area contributed by atoms with E-state index in [0.29, 0.717) is 17.9 Å². The summed E-state index contributed by atoms with van der Waals surface area (Å²) in [5, 5.41) is 6.92. The Hall–Kier alpha value is -2.30. The topological polar surface area (TPSA) is 72.9 Å². The normalized spacial score (nSPS) is 10.4. The maximum Gasteiger partial charge on any atom is 0.276 e. The summed E-state index contributed by atoms with van der Waals surface area (Å²) in [4.78, 5) is 12.2. The van der Waals surface area contributed by atoms with E-state index in [4.69, 9.17) is 5.73 Å². The molecule has 19 heavy (non-hydrogen) atoms. The maximum absolute atomic E-state index is 12.2. The van der Waals surface area contributed by atoms with Crippen LogP contribution in [0.4, 0.5) is 11.4 Å². The molecule has 0 aliphatic rings. The summed E-state index contributed by atoms with van der Waals surface area (Å²) in [6.07, 6.45) is 2.43. The van der Waals surface area contributed by atoms with Gasteiger partial charge in [-0.05, 0) is 31.0 Å². The van der Waals surface area contributed by atoms with Gasteiger partial charge in [0.1, 0.15) is 5.69 Å². The third kappa shape index (κ3) is 2.76. The fourth-order valence-corrected chi connectivity index (χ4v) is 1.95. The number of hydrogen-bond acceptors (Lipinski definition) is 3. The molecule has 0 saturated carbocycles. The summed E-state index contributed by atoms with van der Waals surface area (Å²) in [7, 11) is 0. The van der Waals surface area contributed by atoms with Crippen LogP contribution in [-0.2, 0) is 13.0 Å². The second kappa shape index (κ2) is 5.56. The number of benzene rings is 1. The van der Waals surface area contributed by atoms with E-state index < -0.39 is 0 Å². The van der Waals surface area contributed by atoms with Crippen molar-refractivity contribution in [1.82, 2.24) is 9.78 Å². The zero-order valence-electron chi connectivity index (χ0n) is 11.2. The summed E-state index contributed by atoms with van der Waals surface area (Å²) < 4.78 is 1.59. The highest BCUT2D eigenvalue weighted by atomic mass is 16.2. The number of carbonyl (C=O) groups excluding carboxylic acids is 1. The Kier molecular flexibility index (Phi) is 3.85. The van der Waals surface area contributed by atoms with Gasteiger partial charge in [0, 0.05) is 12.2 Å². The molecule has 1 heterocycles. The Bertz CT molecular complexity index is 589. The highest BCUT2D eigenvalue weighted by Gasteiger charge is 2.16. The first-order chi connectivity index (χ1) is 9.15. The molecule has 5 nitrogen and oxygen atoms in total. The number of nitrogens with one attached hydrogen (secondary N) is 1. The van der Waals surface area contributed by atoms with Crippen LogP contribution < -0.4 is 11.1 Å². The van der Waals surface area contributed by atoms with Crippen molar-refractivity contribution in [3.05, 3.63) is 41.7 Å². The molecule has 0 unspecified atom stereocenters. The highest BCUT2D eigenvalue weighted by Crippen LogP contribution is 2.16. The summed E-state index contributed by atoms with van der Waals surface area (Å²) in [6, 6.07) is 7.77. The second-order valence-corrected chi connectivity index (χ2v) is 4.27. The Balaban J connectivity index is 2.23. The molecule has 0 aliphatic carbocycles. The molecule has 1 aromatic carbocycles. The number of anilines is 2. The summed E-state index contributed by atoms with van der Waals surface area (Å²) >= 11 is 0. The first-order valence-corrected chi connectivity index (χ1v) is 6.37. The smallest absolute Gasteiger partial charge is 0.276 e. The summed E-state index contributed by atoms with van der Waals surface area (Å²) in [5.74, 6) is -0.231. The number of nitrogens with zero attached hydrogens (tertiary/aromatic N) is 2. The van der Waals surface area contributed by atoms with E-state index in [0.717, 1.165) is 12.1 Å². The molecular formula is C14H18N4O.